The molecule has 0 aliphatic heterocycles. The van der Waals surface area contributed by atoms with Crippen molar-refractivity contribution in [1.29, 1.82) is 0 Å². The van der Waals surface area contributed by atoms with Gasteiger partial charge in [-0.05, 0) is 0 Å². The molecule has 0 aromatic heterocycles. The van der Waals surface area contributed by atoms with Crippen LogP contribution >= 0.6 is 0 Å². The summed E-state index contributed by atoms with van der Waals surface area (Å²) in [4.78, 5) is 35.1. The van der Waals surface area contributed by atoms with Crippen molar-refractivity contribution in [2.24, 2.45) is 0 Å². The Morgan fingerprint density at radius 2 is 0.800 bits per heavy atom. The van der Waals surface area contributed by atoms with Crippen molar-refractivity contribution in [2.45, 2.75) is 53.7 Å². The summed E-state index contributed by atoms with van der Waals surface area (Å²) in [6, 6.07) is 31.1. The van der Waals surface area contributed by atoms with Gasteiger partial charge in [0.2, 0.25) is 0 Å². The average molecular weight is 896 g/mol. The Kier molecular flexibility index (Phi) is 16.1. The van der Waals surface area contributed by atoms with Gasteiger partial charge in [-0.2, -0.15) is 0 Å². The van der Waals surface area contributed by atoms with E-state index in [1.807, 2.05) is 97.1 Å². The van der Waals surface area contributed by atoms with Crippen LogP contribution in [0.15, 0.2) is 97.1 Å². The van der Waals surface area contributed by atoms with E-state index >= 15 is 0 Å². The Bertz CT molecular complexity index is 1550. The summed E-state index contributed by atoms with van der Waals surface area (Å²) in [6.45, 7) is 0.461. The summed E-state index contributed by atoms with van der Waals surface area (Å²) in [5.41, 5.74) is 3.65. The number of carbonyl (C=O) groups excluding carboxylic acids is 2. The van der Waals surface area contributed by atoms with E-state index in [0.29, 0.717) is 11.5 Å². The molecule has 0 bridgehead atoms. The Morgan fingerprint density at radius 1 is 0.500 bits per heavy atom. The molecule has 4 aromatic rings. The summed E-state index contributed by atoms with van der Waals surface area (Å²) in [5, 5.41) is 0. The number of methoxy groups -OCH3 is 2. The summed E-state index contributed by atoms with van der Waals surface area (Å²) in [6.07, 6.45) is -0.898. The van der Waals surface area contributed by atoms with Gasteiger partial charge in [0.05, 0.1) is 0 Å². The van der Waals surface area contributed by atoms with Gasteiger partial charge >= 0.3 is 313 Å². The quantitative estimate of drug-likeness (QED) is 0.0691. The van der Waals surface area contributed by atoms with Crippen LogP contribution in [0.5, 0.6) is 23.0 Å². The van der Waals surface area contributed by atoms with E-state index in [-0.39, 0.29) is 38.3 Å². The SMILES string of the molecule is COc1ccccc1-c1ccccc1OCC([CH2][SnH]([CH3])[CH3])OC(=O)CCC(=O)OC(COc1ccccc1-c1ccccc1OC)[CH2][SnH]([CH3])[CH3]. The van der Waals surface area contributed by atoms with E-state index in [1.54, 1.807) is 14.2 Å². The fourth-order valence-electron chi connectivity index (χ4n) is 5.78. The van der Waals surface area contributed by atoms with Gasteiger partial charge in [-0.3, -0.25) is 0 Å². The molecule has 50 heavy (non-hydrogen) atoms. The molecule has 4 rings (SSSR count). The number of esters is 2. The van der Waals surface area contributed by atoms with Crippen LogP contribution in [0.2, 0.25) is 28.6 Å². The van der Waals surface area contributed by atoms with Gasteiger partial charge in [-0.15, -0.1) is 0 Å². The molecule has 2 atom stereocenters. The Balaban J connectivity index is 1.33. The van der Waals surface area contributed by atoms with Crippen LogP contribution in [-0.2, 0) is 19.1 Å². The third-order valence-electron chi connectivity index (χ3n) is 8.02. The summed E-state index contributed by atoms with van der Waals surface area (Å²) < 4.78 is 37.2. The first-order valence-electron chi connectivity index (χ1n) is 17.3. The first-order chi connectivity index (χ1) is 24.2. The normalized spacial score (nSPS) is 12.2. The Labute approximate surface area is 310 Å². The van der Waals surface area contributed by atoms with E-state index in [1.165, 1.54) is 0 Å². The van der Waals surface area contributed by atoms with Gasteiger partial charge in [-0.25, -0.2) is 0 Å². The summed E-state index contributed by atoms with van der Waals surface area (Å²) in [7, 11) is 3.29. The molecular weight excluding hydrogens is 846 g/mol. The van der Waals surface area contributed by atoms with Gasteiger partial charge in [0, 0.05) is 0 Å². The molecule has 0 radical (unpaired) electrons. The number of carbonyl (C=O) groups is 2. The number of benzene rings is 4. The van der Waals surface area contributed by atoms with Gasteiger partial charge < -0.3 is 0 Å². The van der Waals surface area contributed by atoms with Crippen LogP contribution in [-0.4, -0.2) is 91.1 Å². The van der Waals surface area contributed by atoms with E-state index in [0.717, 1.165) is 42.6 Å². The van der Waals surface area contributed by atoms with E-state index in [2.05, 4.69) is 19.8 Å². The molecule has 0 spiro atoms. The minimum absolute atomic E-state index is 0.0596. The molecule has 0 aliphatic rings. The fourth-order valence-corrected chi connectivity index (χ4v) is 13.1. The fraction of sp³-hybridized carbons (Fsp3) is 0.350. The second-order valence-electron chi connectivity index (χ2n) is 13.0. The van der Waals surface area contributed by atoms with Crippen LogP contribution < -0.4 is 18.9 Å². The van der Waals surface area contributed by atoms with Gasteiger partial charge in [0.1, 0.15) is 0 Å². The predicted molar refractivity (Wildman–Crippen MR) is 204 cm³/mol. The standard InChI is InChI=1S/C36H36O8.4CH3.2Sn.2H/c1-25(23-41-33-19-11-7-15-29(33)27-13-5-9-17-31(27)39-3)43-35(37)21-22-36(38)44-26(2)24-42-34-20-12-8-16-30(34)28-14-6-10-18-32(28)40-4;;;;;;;;/h5-20,25-26H,1-2,21-24H2,3-4H3;4*1H3;;;;. The first-order valence-corrected chi connectivity index (χ1v) is 35.1. The van der Waals surface area contributed by atoms with Crippen molar-refractivity contribution in [3.63, 3.8) is 0 Å². The average Bonchev–Trinajstić information content (AvgIpc) is 3.11. The van der Waals surface area contributed by atoms with Crippen molar-refractivity contribution >= 4 is 51.5 Å². The van der Waals surface area contributed by atoms with Crippen LogP contribution in [0.4, 0.5) is 0 Å². The topological polar surface area (TPSA) is 89.5 Å². The van der Waals surface area contributed by atoms with Crippen LogP contribution in [0.1, 0.15) is 12.8 Å². The predicted octanol–water partition coefficient (Wildman–Crippen LogP) is 8.07. The van der Waals surface area contributed by atoms with Gasteiger partial charge in [0.15, 0.2) is 0 Å². The van der Waals surface area contributed by atoms with Crippen LogP contribution in [0.3, 0.4) is 0 Å². The molecular formula is C40H50O8Sn2. The van der Waals surface area contributed by atoms with Crippen molar-refractivity contribution in [1.82, 2.24) is 0 Å². The molecule has 4 aromatic carbocycles. The zero-order chi connectivity index (χ0) is 35.9. The van der Waals surface area contributed by atoms with Gasteiger partial charge in [-0.1, -0.05) is 0 Å². The van der Waals surface area contributed by atoms with Crippen LogP contribution in [0, 0.1) is 0 Å². The molecule has 0 saturated heterocycles. The Hall–Kier alpha value is -3.38. The van der Waals surface area contributed by atoms with Crippen LogP contribution in [0.25, 0.3) is 22.3 Å². The second kappa shape index (κ2) is 20.5. The third kappa shape index (κ3) is 12.1. The Morgan fingerprint density at radius 3 is 1.12 bits per heavy atom. The van der Waals surface area contributed by atoms with Crippen molar-refractivity contribution in [2.75, 3.05) is 27.4 Å². The zero-order valence-electron chi connectivity index (χ0n) is 30.1. The second-order valence-corrected chi connectivity index (χ2v) is 31.6. The third-order valence-corrected chi connectivity index (χ3v) is 16.4. The van der Waals surface area contributed by atoms with Gasteiger partial charge in [0.25, 0.3) is 0 Å². The zero-order valence-corrected chi connectivity index (χ0v) is 36.6. The van der Waals surface area contributed by atoms with E-state index < -0.39 is 51.5 Å². The maximum absolute atomic E-state index is 13.0. The van der Waals surface area contributed by atoms with Crippen molar-refractivity contribution < 1.29 is 38.0 Å². The molecule has 10 heteroatoms. The monoisotopic (exact) mass is 898 g/mol. The molecule has 0 amide bonds. The maximum atomic E-state index is 13.0. The molecule has 0 saturated carbocycles. The van der Waals surface area contributed by atoms with Crippen molar-refractivity contribution in [3.05, 3.63) is 97.1 Å². The number of hydrogen-bond donors (Lipinski definition) is 0. The van der Waals surface area contributed by atoms with E-state index in [9.17, 15) is 9.59 Å². The molecule has 2 unspecified atom stereocenters. The molecule has 0 N–H and O–H groups in total. The molecule has 0 fully saturated rings. The minimum atomic E-state index is -1.83. The molecule has 8 nitrogen and oxygen atoms in total. The number of hydrogen-bond acceptors (Lipinski definition) is 8. The molecule has 0 heterocycles. The van der Waals surface area contributed by atoms with E-state index in [4.69, 9.17) is 28.4 Å². The molecule has 266 valence electrons. The first kappa shape index (κ1) is 39.4. The molecule has 0 aliphatic carbocycles. The number of para-hydroxylation sites is 4. The number of rotatable bonds is 19. The van der Waals surface area contributed by atoms with Crippen molar-refractivity contribution in [3.8, 4) is 45.3 Å². The number of ether oxygens (including phenoxy) is 6. The summed E-state index contributed by atoms with van der Waals surface area (Å²) in [5.74, 6) is 2.02. The summed E-state index contributed by atoms with van der Waals surface area (Å²) >= 11 is -3.65.